The number of furan rings is 1. The van der Waals surface area contributed by atoms with Gasteiger partial charge < -0.3 is 20.8 Å². The minimum Gasteiger partial charge on any atom is -0.451 e. The van der Waals surface area contributed by atoms with Crippen LogP contribution in [-0.2, 0) is 0 Å². The van der Waals surface area contributed by atoms with Crippen molar-refractivity contribution in [1.82, 2.24) is 0 Å². The molecule has 6 nitrogen and oxygen atoms in total. The van der Waals surface area contributed by atoms with Crippen molar-refractivity contribution in [3.63, 3.8) is 0 Å². The van der Waals surface area contributed by atoms with Crippen molar-refractivity contribution in [2.75, 3.05) is 10.6 Å². The number of aryl methyl sites for hydroxylation is 1. The van der Waals surface area contributed by atoms with E-state index in [2.05, 4.69) is 10.6 Å². The second-order valence-corrected chi connectivity index (χ2v) is 5.65. The number of halogens is 1. The van der Waals surface area contributed by atoms with Gasteiger partial charge in [-0.15, -0.1) is 0 Å². The predicted octanol–water partition coefficient (Wildman–Crippen LogP) is 4.14. The quantitative estimate of drug-likeness (QED) is 0.666. The van der Waals surface area contributed by atoms with E-state index in [1.807, 2.05) is 0 Å². The number of amides is 3. The fraction of sp³-hybridized carbons (Fsp3) is 0.0588. The van der Waals surface area contributed by atoms with Gasteiger partial charge in [0.15, 0.2) is 5.76 Å². The van der Waals surface area contributed by atoms with Gasteiger partial charge in [0.25, 0.3) is 5.91 Å². The molecule has 24 heavy (non-hydrogen) atoms. The molecule has 0 aliphatic carbocycles. The van der Waals surface area contributed by atoms with Crippen LogP contribution >= 0.6 is 11.6 Å². The standard InChI is InChI=1S/C17H14ClN3O3/c1-9-13-8-10(18)2-7-14(13)24-15(9)16(22)20-11-3-5-12(6-4-11)21-17(19)23/h2-8H,1H3,(H,20,22)(H3,19,21,23). The number of urea groups is 1. The molecule has 1 aromatic heterocycles. The van der Waals surface area contributed by atoms with Crippen molar-refractivity contribution < 1.29 is 14.0 Å². The molecular weight excluding hydrogens is 330 g/mol. The van der Waals surface area contributed by atoms with Crippen LogP contribution in [0.3, 0.4) is 0 Å². The maximum absolute atomic E-state index is 12.4. The fourth-order valence-electron chi connectivity index (χ4n) is 2.38. The fourth-order valence-corrected chi connectivity index (χ4v) is 2.55. The van der Waals surface area contributed by atoms with Gasteiger partial charge in [-0.2, -0.15) is 0 Å². The number of nitrogens with one attached hydrogen (secondary N) is 2. The molecule has 3 amide bonds. The molecule has 0 unspecified atom stereocenters. The minimum atomic E-state index is -0.650. The first-order chi connectivity index (χ1) is 11.4. The molecule has 0 saturated carbocycles. The van der Waals surface area contributed by atoms with Crippen LogP contribution in [0.4, 0.5) is 16.2 Å². The summed E-state index contributed by atoms with van der Waals surface area (Å²) in [5.74, 6) is -0.137. The highest BCUT2D eigenvalue weighted by atomic mass is 35.5. The summed E-state index contributed by atoms with van der Waals surface area (Å²) in [5, 5.41) is 6.57. The molecule has 7 heteroatoms. The van der Waals surface area contributed by atoms with Crippen molar-refractivity contribution >= 4 is 45.9 Å². The Bertz CT molecular complexity index is 932. The third kappa shape index (κ3) is 3.18. The van der Waals surface area contributed by atoms with Gasteiger partial charge in [0.05, 0.1) is 0 Å². The van der Waals surface area contributed by atoms with Crippen molar-refractivity contribution in [2.24, 2.45) is 5.73 Å². The van der Waals surface area contributed by atoms with E-state index in [4.69, 9.17) is 21.8 Å². The molecule has 0 radical (unpaired) electrons. The van der Waals surface area contributed by atoms with Gasteiger partial charge in [0.2, 0.25) is 0 Å². The molecule has 3 aromatic rings. The molecule has 0 spiro atoms. The summed E-state index contributed by atoms with van der Waals surface area (Å²) in [4.78, 5) is 23.2. The van der Waals surface area contributed by atoms with E-state index in [0.717, 1.165) is 10.9 Å². The molecule has 122 valence electrons. The lowest BCUT2D eigenvalue weighted by Crippen LogP contribution is -2.19. The average molecular weight is 344 g/mol. The summed E-state index contributed by atoms with van der Waals surface area (Å²) in [6, 6.07) is 11.1. The normalized spacial score (nSPS) is 10.6. The van der Waals surface area contributed by atoms with Gasteiger partial charge in [0, 0.05) is 27.3 Å². The Hall–Kier alpha value is -2.99. The molecule has 3 rings (SSSR count). The van der Waals surface area contributed by atoms with E-state index in [9.17, 15) is 9.59 Å². The van der Waals surface area contributed by atoms with Crippen LogP contribution in [0.2, 0.25) is 5.02 Å². The highest BCUT2D eigenvalue weighted by molar-refractivity contribution is 6.31. The number of fused-ring (bicyclic) bond motifs is 1. The summed E-state index contributed by atoms with van der Waals surface area (Å²) in [6.07, 6.45) is 0. The Morgan fingerprint density at radius 1 is 1.04 bits per heavy atom. The van der Waals surface area contributed by atoms with Gasteiger partial charge in [-0.3, -0.25) is 4.79 Å². The van der Waals surface area contributed by atoms with E-state index >= 15 is 0 Å². The lowest BCUT2D eigenvalue weighted by Gasteiger charge is -2.06. The van der Waals surface area contributed by atoms with Crippen molar-refractivity contribution in [3.8, 4) is 0 Å². The molecule has 1 heterocycles. The highest BCUT2D eigenvalue weighted by Crippen LogP contribution is 2.28. The third-order valence-corrected chi connectivity index (χ3v) is 3.75. The van der Waals surface area contributed by atoms with Crippen LogP contribution < -0.4 is 16.4 Å². The number of anilines is 2. The Labute approximate surface area is 142 Å². The van der Waals surface area contributed by atoms with Crippen LogP contribution in [0, 0.1) is 6.92 Å². The zero-order chi connectivity index (χ0) is 17.3. The maximum Gasteiger partial charge on any atom is 0.316 e. The molecule has 0 aliphatic rings. The summed E-state index contributed by atoms with van der Waals surface area (Å²) in [6.45, 7) is 1.80. The smallest absolute Gasteiger partial charge is 0.316 e. The Balaban J connectivity index is 1.82. The van der Waals surface area contributed by atoms with E-state index in [1.54, 1.807) is 49.4 Å². The number of hydrogen-bond acceptors (Lipinski definition) is 3. The van der Waals surface area contributed by atoms with Crippen molar-refractivity contribution in [1.29, 1.82) is 0 Å². The summed E-state index contributed by atoms with van der Waals surface area (Å²) in [7, 11) is 0. The van der Waals surface area contributed by atoms with Crippen molar-refractivity contribution in [3.05, 3.63) is 58.8 Å². The van der Waals surface area contributed by atoms with Crippen LogP contribution in [0.5, 0.6) is 0 Å². The first-order valence-corrected chi connectivity index (χ1v) is 7.48. The SMILES string of the molecule is Cc1c(C(=O)Nc2ccc(NC(N)=O)cc2)oc2ccc(Cl)cc12. The van der Waals surface area contributed by atoms with E-state index in [1.165, 1.54) is 0 Å². The number of hydrogen-bond donors (Lipinski definition) is 3. The van der Waals surface area contributed by atoms with Gasteiger partial charge in [-0.05, 0) is 49.4 Å². The molecule has 0 aliphatic heterocycles. The molecule has 0 atom stereocenters. The summed E-state index contributed by atoms with van der Waals surface area (Å²) in [5.41, 5.74) is 7.46. The van der Waals surface area contributed by atoms with Crippen LogP contribution in [0.15, 0.2) is 46.9 Å². The number of benzene rings is 2. The van der Waals surface area contributed by atoms with Gasteiger partial charge in [-0.25, -0.2) is 4.79 Å². The van der Waals surface area contributed by atoms with Gasteiger partial charge in [-0.1, -0.05) is 11.6 Å². The topological polar surface area (TPSA) is 97.4 Å². The monoisotopic (exact) mass is 343 g/mol. The van der Waals surface area contributed by atoms with Gasteiger partial charge >= 0.3 is 6.03 Å². The van der Waals surface area contributed by atoms with Crippen LogP contribution in [-0.4, -0.2) is 11.9 Å². The number of primary amides is 1. The Morgan fingerprint density at radius 2 is 1.67 bits per heavy atom. The minimum absolute atomic E-state index is 0.228. The molecule has 0 saturated heterocycles. The Kier molecular flexibility index (Phi) is 4.14. The molecule has 2 aromatic carbocycles. The molecular formula is C17H14ClN3O3. The maximum atomic E-state index is 12.4. The molecule has 4 N–H and O–H groups in total. The third-order valence-electron chi connectivity index (χ3n) is 3.51. The van der Waals surface area contributed by atoms with Crippen molar-refractivity contribution in [2.45, 2.75) is 6.92 Å². The molecule has 0 fully saturated rings. The zero-order valence-corrected chi connectivity index (χ0v) is 13.5. The largest absolute Gasteiger partial charge is 0.451 e. The summed E-state index contributed by atoms with van der Waals surface area (Å²) >= 11 is 5.98. The van der Waals surface area contributed by atoms with Gasteiger partial charge in [0.1, 0.15) is 5.58 Å². The number of carbonyl (C=O) groups excluding carboxylic acids is 2. The number of carbonyl (C=O) groups is 2. The first-order valence-electron chi connectivity index (χ1n) is 7.10. The lowest BCUT2D eigenvalue weighted by atomic mass is 10.1. The second-order valence-electron chi connectivity index (χ2n) is 5.22. The first kappa shape index (κ1) is 15.9. The highest BCUT2D eigenvalue weighted by Gasteiger charge is 2.18. The van der Waals surface area contributed by atoms with E-state index in [0.29, 0.717) is 22.0 Å². The van der Waals surface area contributed by atoms with Crippen LogP contribution in [0.25, 0.3) is 11.0 Å². The lowest BCUT2D eigenvalue weighted by molar-refractivity contribution is 0.0998. The average Bonchev–Trinajstić information content (AvgIpc) is 2.86. The van der Waals surface area contributed by atoms with E-state index < -0.39 is 6.03 Å². The molecule has 0 bridgehead atoms. The predicted molar refractivity (Wildman–Crippen MR) is 93.6 cm³/mol. The zero-order valence-electron chi connectivity index (χ0n) is 12.7. The van der Waals surface area contributed by atoms with Crippen LogP contribution in [0.1, 0.15) is 16.1 Å². The summed E-state index contributed by atoms with van der Waals surface area (Å²) < 4.78 is 5.62. The Morgan fingerprint density at radius 3 is 2.29 bits per heavy atom. The number of rotatable bonds is 3. The number of nitrogens with two attached hydrogens (primary N) is 1. The second kappa shape index (κ2) is 6.25. The van der Waals surface area contributed by atoms with E-state index in [-0.39, 0.29) is 11.7 Å².